The average Bonchev–Trinajstić information content (AvgIpc) is 3.35. The van der Waals surface area contributed by atoms with Gasteiger partial charge in [0.15, 0.2) is 0 Å². The van der Waals surface area contributed by atoms with Gasteiger partial charge >= 0.3 is 12.1 Å². The molecule has 7 nitrogen and oxygen atoms in total. The maximum absolute atomic E-state index is 13.1. The van der Waals surface area contributed by atoms with Crippen LogP contribution in [0.15, 0.2) is 48.5 Å². The van der Waals surface area contributed by atoms with E-state index in [4.69, 9.17) is 4.74 Å². The first-order valence-electron chi connectivity index (χ1n) is 12.2. The Labute approximate surface area is 209 Å². The Morgan fingerprint density at radius 3 is 2.29 bits per heavy atom. The van der Waals surface area contributed by atoms with Crippen LogP contribution >= 0.6 is 11.8 Å². The van der Waals surface area contributed by atoms with Crippen molar-refractivity contribution in [3.05, 3.63) is 59.7 Å². The maximum Gasteiger partial charge on any atom is 0.407 e. The largest absolute Gasteiger partial charge is 0.480 e. The molecule has 1 saturated carbocycles. The van der Waals surface area contributed by atoms with Gasteiger partial charge in [0, 0.05) is 24.1 Å². The van der Waals surface area contributed by atoms with Crippen LogP contribution in [0.4, 0.5) is 4.79 Å². The molecule has 1 heterocycles. The zero-order chi connectivity index (χ0) is 24.5. The van der Waals surface area contributed by atoms with Crippen LogP contribution in [0.1, 0.15) is 49.7 Å². The molecular formula is C27H30N2O5S. The Kier molecular flexibility index (Phi) is 6.73. The molecule has 2 N–H and O–H groups in total. The molecule has 5 rings (SSSR count). The van der Waals surface area contributed by atoms with Crippen molar-refractivity contribution in [3.8, 4) is 11.1 Å². The molecule has 2 fully saturated rings. The summed E-state index contributed by atoms with van der Waals surface area (Å²) in [6.07, 6.45) is 2.50. The highest BCUT2D eigenvalue weighted by molar-refractivity contribution is 8.00. The monoisotopic (exact) mass is 494 g/mol. The smallest absolute Gasteiger partial charge is 0.407 e. The lowest BCUT2D eigenvalue weighted by atomic mass is 9.78. The van der Waals surface area contributed by atoms with Crippen LogP contribution in [0.25, 0.3) is 11.1 Å². The van der Waals surface area contributed by atoms with Gasteiger partial charge in [-0.2, -0.15) is 0 Å². The molecule has 3 atom stereocenters. The molecule has 0 aromatic heterocycles. The molecule has 2 aliphatic carbocycles. The summed E-state index contributed by atoms with van der Waals surface area (Å²) in [7, 11) is 0. The second-order valence-electron chi connectivity index (χ2n) is 9.56. The van der Waals surface area contributed by atoms with Crippen LogP contribution in [-0.4, -0.2) is 57.8 Å². The summed E-state index contributed by atoms with van der Waals surface area (Å²) in [5.41, 5.74) is 4.63. The van der Waals surface area contributed by atoms with E-state index in [-0.39, 0.29) is 42.2 Å². The van der Waals surface area contributed by atoms with E-state index in [2.05, 4.69) is 29.6 Å². The number of benzene rings is 2. The number of hydrogen-bond acceptors (Lipinski definition) is 5. The fourth-order valence-corrected chi connectivity index (χ4v) is 6.66. The topological polar surface area (TPSA) is 95.9 Å². The van der Waals surface area contributed by atoms with Gasteiger partial charge in [0.2, 0.25) is 5.91 Å². The number of nitrogens with one attached hydrogen (secondary N) is 1. The normalized spacial score (nSPS) is 22.1. The predicted octanol–water partition coefficient (Wildman–Crippen LogP) is 4.46. The van der Waals surface area contributed by atoms with E-state index in [1.54, 1.807) is 0 Å². The van der Waals surface area contributed by atoms with Crippen LogP contribution in [0.3, 0.4) is 0 Å². The summed E-state index contributed by atoms with van der Waals surface area (Å²) in [6, 6.07) is 15.2. The van der Waals surface area contributed by atoms with Gasteiger partial charge in [-0.1, -0.05) is 55.0 Å². The first-order valence-corrected chi connectivity index (χ1v) is 13.3. The minimum absolute atomic E-state index is 0.0317. The number of rotatable bonds is 7. The molecule has 2 aromatic rings. The van der Waals surface area contributed by atoms with Crippen LogP contribution < -0.4 is 5.32 Å². The molecule has 2 aromatic carbocycles. The van der Waals surface area contributed by atoms with Gasteiger partial charge in [-0.05, 0) is 47.9 Å². The fraction of sp³-hybridized carbons (Fsp3) is 0.444. The van der Waals surface area contributed by atoms with Gasteiger partial charge < -0.3 is 20.1 Å². The van der Waals surface area contributed by atoms with E-state index < -0.39 is 18.1 Å². The summed E-state index contributed by atoms with van der Waals surface area (Å²) >= 11 is 1.46. The average molecular weight is 495 g/mol. The van der Waals surface area contributed by atoms with Crippen molar-refractivity contribution in [2.75, 3.05) is 12.4 Å². The number of nitrogens with zero attached hydrogens (tertiary/aromatic N) is 1. The van der Waals surface area contributed by atoms with Gasteiger partial charge in [-0.3, -0.25) is 4.79 Å². The molecule has 8 heteroatoms. The highest BCUT2D eigenvalue weighted by Crippen LogP contribution is 2.44. The second kappa shape index (κ2) is 9.93. The Balaban J connectivity index is 1.24. The fourth-order valence-electron chi connectivity index (χ4n) is 5.47. The molecule has 2 amide bonds. The number of amides is 2. The lowest BCUT2D eigenvalue weighted by molar-refractivity contribution is -0.149. The summed E-state index contributed by atoms with van der Waals surface area (Å²) in [6.45, 7) is 2.06. The molecule has 35 heavy (non-hydrogen) atoms. The molecule has 1 saturated heterocycles. The maximum atomic E-state index is 13.1. The lowest BCUT2D eigenvalue weighted by Crippen LogP contribution is -2.50. The predicted molar refractivity (Wildman–Crippen MR) is 134 cm³/mol. The van der Waals surface area contributed by atoms with Gasteiger partial charge in [0.1, 0.15) is 12.6 Å². The second-order valence-corrected chi connectivity index (χ2v) is 10.9. The number of ether oxygens (including phenoxy) is 1. The quantitative estimate of drug-likeness (QED) is 0.590. The van der Waals surface area contributed by atoms with Crippen LogP contribution in [0.2, 0.25) is 0 Å². The first kappa shape index (κ1) is 23.7. The SMILES string of the molecule is CC1SCC(C(=O)O)N1C(=O)CC(NC(=O)OCC1c2ccccc2-c2ccccc21)C1CCC1. The van der Waals surface area contributed by atoms with Crippen LogP contribution in [0, 0.1) is 5.92 Å². The number of carbonyl (C=O) groups is 3. The van der Waals surface area contributed by atoms with E-state index in [1.165, 1.54) is 27.8 Å². The van der Waals surface area contributed by atoms with E-state index in [1.807, 2.05) is 31.2 Å². The Bertz CT molecular complexity index is 1090. The first-order chi connectivity index (χ1) is 16.9. The van der Waals surface area contributed by atoms with Gasteiger partial charge in [-0.15, -0.1) is 11.8 Å². The van der Waals surface area contributed by atoms with Gasteiger partial charge in [0.05, 0.1) is 5.37 Å². The van der Waals surface area contributed by atoms with Crippen molar-refractivity contribution in [3.63, 3.8) is 0 Å². The van der Waals surface area contributed by atoms with E-state index in [0.29, 0.717) is 5.75 Å². The number of fused-ring (bicyclic) bond motifs is 3. The zero-order valence-electron chi connectivity index (χ0n) is 19.7. The minimum atomic E-state index is -0.986. The number of carboxylic acids is 1. The number of hydrogen-bond donors (Lipinski definition) is 2. The Morgan fingerprint density at radius 2 is 1.71 bits per heavy atom. The molecule has 3 unspecified atom stereocenters. The van der Waals surface area contributed by atoms with E-state index >= 15 is 0 Å². The number of carbonyl (C=O) groups excluding carboxylic acids is 2. The van der Waals surface area contributed by atoms with Crippen molar-refractivity contribution in [2.45, 2.75) is 56.0 Å². The highest BCUT2D eigenvalue weighted by Gasteiger charge is 2.41. The zero-order valence-corrected chi connectivity index (χ0v) is 20.5. The number of thioether (sulfide) groups is 1. The van der Waals surface area contributed by atoms with Gasteiger partial charge in [-0.25, -0.2) is 9.59 Å². The Morgan fingerprint density at radius 1 is 1.09 bits per heavy atom. The molecule has 0 radical (unpaired) electrons. The van der Waals surface area contributed by atoms with Crippen LogP contribution in [-0.2, 0) is 14.3 Å². The van der Waals surface area contributed by atoms with Crippen molar-refractivity contribution in [1.82, 2.24) is 10.2 Å². The third kappa shape index (κ3) is 4.63. The molecule has 1 aliphatic heterocycles. The van der Waals surface area contributed by atoms with Crippen molar-refractivity contribution in [1.29, 1.82) is 0 Å². The molecule has 0 bridgehead atoms. The lowest BCUT2D eigenvalue weighted by Gasteiger charge is -2.35. The molecule has 184 valence electrons. The summed E-state index contributed by atoms with van der Waals surface area (Å²) < 4.78 is 5.70. The summed E-state index contributed by atoms with van der Waals surface area (Å²) in [4.78, 5) is 39.0. The van der Waals surface area contributed by atoms with Crippen molar-refractivity contribution in [2.24, 2.45) is 5.92 Å². The van der Waals surface area contributed by atoms with Crippen molar-refractivity contribution >= 4 is 29.7 Å². The third-order valence-corrected chi connectivity index (χ3v) is 8.77. The van der Waals surface area contributed by atoms with Crippen molar-refractivity contribution < 1.29 is 24.2 Å². The minimum Gasteiger partial charge on any atom is -0.480 e. The number of aliphatic carboxylic acids is 1. The standard InChI is InChI=1S/C27H30N2O5S/c1-16-29(24(15-35-16)26(31)32)25(30)13-23(17-7-6-8-17)28-27(33)34-14-22-20-11-4-2-9-18(20)19-10-3-5-12-21(19)22/h2-5,9-12,16-17,22-24H,6-8,13-15H2,1H3,(H,28,33)(H,31,32). The van der Waals surface area contributed by atoms with Gasteiger partial charge in [0.25, 0.3) is 0 Å². The highest BCUT2D eigenvalue weighted by atomic mass is 32.2. The number of alkyl carbamates (subject to hydrolysis) is 1. The van der Waals surface area contributed by atoms with Crippen LogP contribution in [0.5, 0.6) is 0 Å². The summed E-state index contributed by atoms with van der Waals surface area (Å²) in [5, 5.41) is 12.3. The molecule has 3 aliphatic rings. The third-order valence-electron chi connectivity index (χ3n) is 7.56. The molecular weight excluding hydrogens is 464 g/mol. The summed E-state index contributed by atoms with van der Waals surface area (Å²) in [5.74, 6) is -0.662. The van der Waals surface area contributed by atoms with E-state index in [9.17, 15) is 19.5 Å². The molecule has 0 spiro atoms. The Hall–Kier alpha value is -3.00. The van der Waals surface area contributed by atoms with E-state index in [0.717, 1.165) is 30.4 Å². The number of carboxylic acid groups (broad SMARTS) is 1.